The second-order valence-electron chi connectivity index (χ2n) is 12.0. The summed E-state index contributed by atoms with van der Waals surface area (Å²) in [5.41, 5.74) is 0.209. The van der Waals surface area contributed by atoms with Crippen molar-refractivity contribution in [2.75, 3.05) is 13.7 Å². The fraction of sp³-hybridized carbons (Fsp3) is 0.154. The number of aliphatic carboxylic acids is 1. The Morgan fingerprint density at radius 1 is 0.942 bits per heavy atom. The number of carbonyl (C=O) groups excluding carboxylic acids is 1. The summed E-state index contributed by atoms with van der Waals surface area (Å²) in [6.07, 6.45) is -0.968. The van der Waals surface area contributed by atoms with Crippen LogP contribution in [0.4, 0.5) is 0 Å². The van der Waals surface area contributed by atoms with Crippen LogP contribution in [0.15, 0.2) is 108 Å². The van der Waals surface area contributed by atoms with Gasteiger partial charge in [0.2, 0.25) is 11.2 Å². The number of phenolic OH excluding ortho intramolecular Hbond substituents is 1. The number of phenols is 1. The number of aromatic nitrogens is 1. The second kappa shape index (κ2) is 15.4. The molecule has 0 aliphatic rings. The zero-order valence-electron chi connectivity index (χ0n) is 27.7. The number of nitrogens with one attached hydrogen (secondary N) is 3. The number of thiophene rings is 1. The number of halogens is 1. The third-order valence-corrected chi connectivity index (χ3v) is 10.1. The van der Waals surface area contributed by atoms with E-state index in [4.69, 9.17) is 16.3 Å². The minimum absolute atomic E-state index is 0.0979. The van der Waals surface area contributed by atoms with Crippen LogP contribution in [0.3, 0.4) is 0 Å². The lowest BCUT2D eigenvalue weighted by molar-refractivity contribution is -0.155. The quantitative estimate of drug-likeness (QED) is 0.0782. The van der Waals surface area contributed by atoms with Crippen molar-refractivity contribution in [2.45, 2.75) is 24.8 Å². The fourth-order valence-corrected chi connectivity index (χ4v) is 7.20. The van der Waals surface area contributed by atoms with Crippen molar-refractivity contribution >= 4 is 45.7 Å². The molecule has 0 aliphatic carbocycles. The van der Waals surface area contributed by atoms with E-state index in [1.54, 1.807) is 72.8 Å². The molecule has 0 bridgehead atoms. The number of pyridine rings is 1. The highest BCUT2D eigenvalue weighted by Crippen LogP contribution is 2.35. The van der Waals surface area contributed by atoms with Gasteiger partial charge in [-0.05, 0) is 59.2 Å². The van der Waals surface area contributed by atoms with E-state index in [9.17, 15) is 34.8 Å². The zero-order chi connectivity index (χ0) is 37.0. The van der Waals surface area contributed by atoms with Crippen LogP contribution < -0.4 is 20.9 Å². The van der Waals surface area contributed by atoms with Gasteiger partial charge in [0.05, 0.1) is 35.9 Å². The van der Waals surface area contributed by atoms with Crippen LogP contribution in [0.25, 0.3) is 21.3 Å². The number of carbonyl (C=O) groups is 2. The van der Waals surface area contributed by atoms with Crippen molar-refractivity contribution in [3.63, 3.8) is 0 Å². The topological polar surface area (TPSA) is 181 Å². The number of H-pyrrole nitrogens is 1. The number of benzene rings is 4. The molecule has 0 aliphatic heterocycles. The number of carboxylic acids is 1. The maximum Gasteiger partial charge on any atom is 0.345 e. The number of hydrogen-bond acceptors (Lipinski definition) is 9. The molecule has 0 saturated carbocycles. The van der Waals surface area contributed by atoms with E-state index in [-0.39, 0.29) is 58.2 Å². The molecule has 0 saturated heterocycles. The van der Waals surface area contributed by atoms with E-state index in [1.165, 1.54) is 30.6 Å². The first-order valence-electron chi connectivity index (χ1n) is 16.1. The first-order valence-corrected chi connectivity index (χ1v) is 17.3. The Balaban J connectivity index is 1.10. The maximum absolute atomic E-state index is 13.2. The number of fused-ring (bicyclic) bond motifs is 1. The Bertz CT molecular complexity index is 2330. The maximum atomic E-state index is 13.2. The summed E-state index contributed by atoms with van der Waals surface area (Å²) in [5, 5.41) is 49.1. The number of carboxylic acid groups (broad SMARTS) is 1. The molecule has 2 aromatic heterocycles. The molecule has 6 rings (SSSR count). The normalized spacial score (nSPS) is 13.0. The number of ether oxygens (including phenoxy) is 1. The van der Waals surface area contributed by atoms with Gasteiger partial charge in [0, 0.05) is 45.4 Å². The van der Waals surface area contributed by atoms with E-state index < -0.39 is 23.6 Å². The van der Waals surface area contributed by atoms with Gasteiger partial charge >= 0.3 is 5.97 Å². The van der Waals surface area contributed by atoms with Gasteiger partial charge in [-0.3, -0.25) is 9.59 Å². The minimum atomic E-state index is -2.23. The standard InChI is InChI=1S/C39H34ClN3O8S/c1-51-33-18-29(30(40)17-23(33)19-41-21-32(45)27-11-13-31(44)36-28(27)12-15-35(46)43-36)37(47)42-20-26-10-14-34(52-26)22-6-5-9-25(16-22)39(50,38(48)49)24-7-3-2-4-8-24/h2-18,32,41,44-45,50H,19-21H2,1H3,(H,42,47)(H,43,46)(H,48,49). The fourth-order valence-electron chi connectivity index (χ4n) is 5.98. The van der Waals surface area contributed by atoms with E-state index >= 15 is 0 Å². The summed E-state index contributed by atoms with van der Waals surface area (Å²) < 4.78 is 5.55. The molecule has 2 unspecified atom stereocenters. The smallest absolute Gasteiger partial charge is 0.345 e. The summed E-state index contributed by atoms with van der Waals surface area (Å²) in [5.74, 6) is -1.48. The Labute approximate surface area is 306 Å². The molecule has 4 aromatic carbocycles. The molecular formula is C39H34ClN3O8S. The van der Waals surface area contributed by atoms with E-state index in [2.05, 4.69) is 15.6 Å². The Kier molecular flexibility index (Phi) is 10.7. The molecule has 2 atom stereocenters. The van der Waals surface area contributed by atoms with Crippen LogP contribution in [-0.2, 0) is 23.5 Å². The molecule has 266 valence electrons. The van der Waals surface area contributed by atoms with Crippen molar-refractivity contribution in [1.29, 1.82) is 0 Å². The summed E-state index contributed by atoms with van der Waals surface area (Å²) in [6.45, 7) is 0.581. The van der Waals surface area contributed by atoms with Gasteiger partial charge in [0.15, 0.2) is 0 Å². The van der Waals surface area contributed by atoms with Crippen molar-refractivity contribution in [2.24, 2.45) is 0 Å². The lowest BCUT2D eigenvalue weighted by Crippen LogP contribution is -2.36. The Hall–Kier alpha value is -5.50. The summed E-state index contributed by atoms with van der Waals surface area (Å²) >= 11 is 7.98. The monoisotopic (exact) mass is 739 g/mol. The number of amides is 1. The first-order chi connectivity index (χ1) is 25.0. The third-order valence-electron chi connectivity index (χ3n) is 8.68. The number of rotatable bonds is 13. The highest BCUT2D eigenvalue weighted by atomic mass is 35.5. The molecule has 11 nitrogen and oxygen atoms in total. The molecule has 13 heteroatoms. The predicted octanol–water partition coefficient (Wildman–Crippen LogP) is 5.70. The predicted molar refractivity (Wildman–Crippen MR) is 199 cm³/mol. The van der Waals surface area contributed by atoms with Crippen LogP contribution in [0.2, 0.25) is 5.02 Å². The highest BCUT2D eigenvalue weighted by molar-refractivity contribution is 7.15. The Morgan fingerprint density at radius 2 is 1.71 bits per heavy atom. The number of aromatic amines is 1. The largest absolute Gasteiger partial charge is 0.506 e. The Morgan fingerprint density at radius 3 is 2.46 bits per heavy atom. The number of aliphatic hydroxyl groups excluding tert-OH is 1. The lowest BCUT2D eigenvalue weighted by atomic mass is 9.85. The van der Waals surface area contributed by atoms with E-state index in [0.29, 0.717) is 27.8 Å². The molecule has 0 fully saturated rings. The first kappa shape index (κ1) is 36.3. The van der Waals surface area contributed by atoms with Crippen LogP contribution in [0, 0.1) is 0 Å². The average Bonchev–Trinajstić information content (AvgIpc) is 3.63. The van der Waals surface area contributed by atoms with Gasteiger partial charge in [0.25, 0.3) is 5.91 Å². The average molecular weight is 740 g/mol. The van der Waals surface area contributed by atoms with E-state index in [0.717, 1.165) is 9.75 Å². The second-order valence-corrected chi connectivity index (χ2v) is 13.6. The van der Waals surface area contributed by atoms with Crippen LogP contribution >= 0.6 is 22.9 Å². The summed E-state index contributed by atoms with van der Waals surface area (Å²) in [7, 11) is 1.48. The third kappa shape index (κ3) is 7.42. The molecule has 52 heavy (non-hydrogen) atoms. The van der Waals surface area contributed by atoms with Crippen molar-refractivity contribution in [3.05, 3.63) is 151 Å². The summed E-state index contributed by atoms with van der Waals surface area (Å²) in [6, 6.07) is 27.8. The molecule has 0 spiro atoms. The van der Waals surface area contributed by atoms with Gasteiger partial charge < -0.3 is 40.8 Å². The molecular weight excluding hydrogens is 706 g/mol. The molecule has 1 amide bonds. The minimum Gasteiger partial charge on any atom is -0.506 e. The van der Waals surface area contributed by atoms with Crippen LogP contribution in [0.5, 0.6) is 11.5 Å². The van der Waals surface area contributed by atoms with Gasteiger partial charge in [-0.2, -0.15) is 0 Å². The number of methoxy groups -OCH3 is 1. The highest BCUT2D eigenvalue weighted by Gasteiger charge is 2.40. The zero-order valence-corrected chi connectivity index (χ0v) is 29.3. The van der Waals surface area contributed by atoms with Crippen LogP contribution in [0.1, 0.15) is 43.6 Å². The molecule has 7 N–H and O–H groups in total. The van der Waals surface area contributed by atoms with Gasteiger partial charge in [-0.15, -0.1) is 11.3 Å². The van der Waals surface area contributed by atoms with E-state index in [1.807, 2.05) is 18.2 Å². The molecule has 2 heterocycles. The van der Waals surface area contributed by atoms with Gasteiger partial charge in [-0.25, -0.2) is 4.79 Å². The van der Waals surface area contributed by atoms with Crippen molar-refractivity contribution in [1.82, 2.24) is 15.6 Å². The van der Waals surface area contributed by atoms with Gasteiger partial charge in [-0.1, -0.05) is 66.2 Å². The molecule has 0 radical (unpaired) electrons. The number of hydrogen-bond donors (Lipinski definition) is 7. The van der Waals surface area contributed by atoms with Crippen molar-refractivity contribution in [3.8, 4) is 21.9 Å². The number of aromatic hydroxyl groups is 1. The molecule has 6 aromatic rings. The lowest BCUT2D eigenvalue weighted by Gasteiger charge is -2.25. The van der Waals surface area contributed by atoms with Crippen LogP contribution in [-0.4, -0.2) is 50.9 Å². The SMILES string of the molecule is COc1cc(C(=O)NCc2ccc(-c3cccc(C(O)(C(=O)O)c4ccccc4)c3)s2)c(Cl)cc1CNCC(O)c1ccc(O)c2[nH]c(=O)ccc12. The van der Waals surface area contributed by atoms with Crippen molar-refractivity contribution < 1.29 is 34.8 Å². The summed E-state index contributed by atoms with van der Waals surface area (Å²) in [4.78, 5) is 41.5. The number of aliphatic hydroxyl groups is 2. The van der Waals surface area contributed by atoms with Gasteiger partial charge in [0.1, 0.15) is 11.5 Å².